The number of Topliss-reactive ketones (excluding diaryl/α,β-unsaturated/α-hetero) is 1. The zero-order valence-electron chi connectivity index (χ0n) is 15.5. The molecule has 26 heavy (non-hydrogen) atoms. The summed E-state index contributed by atoms with van der Waals surface area (Å²) in [5.41, 5.74) is -0.0720. The fourth-order valence-corrected chi connectivity index (χ4v) is 8.46. The highest BCUT2D eigenvalue weighted by Gasteiger charge is 2.61. The third kappa shape index (κ3) is 2.78. The van der Waals surface area contributed by atoms with Crippen molar-refractivity contribution in [3.63, 3.8) is 0 Å². The van der Waals surface area contributed by atoms with E-state index in [1.54, 1.807) is 0 Å². The molecule has 0 aromatic carbocycles. The van der Waals surface area contributed by atoms with Crippen molar-refractivity contribution < 1.29 is 21.9 Å². The fourth-order valence-electron chi connectivity index (χ4n) is 7.28. The van der Waals surface area contributed by atoms with E-state index in [1.165, 1.54) is 0 Å². The second-order valence-electron chi connectivity index (χ2n) is 9.53. The van der Waals surface area contributed by atoms with Gasteiger partial charge in [0, 0.05) is 11.8 Å². The van der Waals surface area contributed by atoms with Crippen LogP contribution in [0.3, 0.4) is 0 Å². The molecule has 0 spiro atoms. The topological polar surface area (TPSA) is 80.7 Å². The van der Waals surface area contributed by atoms with Crippen molar-refractivity contribution in [1.29, 1.82) is 0 Å². The Balaban J connectivity index is 1.58. The van der Waals surface area contributed by atoms with Gasteiger partial charge < -0.3 is 0 Å². The van der Waals surface area contributed by atoms with Gasteiger partial charge in [-0.25, -0.2) is 4.18 Å². The van der Waals surface area contributed by atoms with Crippen LogP contribution in [0.15, 0.2) is 0 Å². The summed E-state index contributed by atoms with van der Waals surface area (Å²) in [7, 11) is -4.49. The Kier molecular flexibility index (Phi) is 4.54. The summed E-state index contributed by atoms with van der Waals surface area (Å²) in [5, 5.41) is -0.407. The molecule has 0 bridgehead atoms. The first-order valence-corrected chi connectivity index (χ1v) is 11.7. The molecule has 4 aliphatic rings. The molecule has 1 unspecified atom stereocenters. The van der Waals surface area contributed by atoms with Crippen molar-refractivity contribution in [3.8, 4) is 0 Å². The van der Waals surface area contributed by atoms with Crippen LogP contribution in [0.2, 0.25) is 0 Å². The molecule has 0 heterocycles. The molecular weight excluding hydrogens is 376 g/mol. The fraction of sp³-hybridized carbons (Fsp3) is 0.947. The minimum atomic E-state index is -4.49. The molecule has 0 aromatic rings. The molecule has 148 valence electrons. The van der Waals surface area contributed by atoms with Crippen LogP contribution in [0.5, 0.6) is 0 Å². The Morgan fingerprint density at radius 3 is 2.46 bits per heavy atom. The summed E-state index contributed by atoms with van der Waals surface area (Å²) in [5.74, 6) is 2.25. The third-order valence-corrected chi connectivity index (χ3v) is 9.68. The molecule has 8 atom stereocenters. The van der Waals surface area contributed by atoms with Crippen LogP contribution in [0.25, 0.3) is 0 Å². The molecule has 0 aliphatic heterocycles. The summed E-state index contributed by atoms with van der Waals surface area (Å²) in [4.78, 5) is 12.5. The molecule has 5 nitrogen and oxygen atoms in total. The van der Waals surface area contributed by atoms with Crippen molar-refractivity contribution in [3.05, 3.63) is 0 Å². The minimum Gasteiger partial charge on any atom is -0.299 e. The van der Waals surface area contributed by atoms with Gasteiger partial charge in [-0.3, -0.25) is 9.35 Å². The van der Waals surface area contributed by atoms with E-state index >= 15 is 0 Å². The van der Waals surface area contributed by atoms with Crippen molar-refractivity contribution in [2.45, 2.75) is 76.7 Å². The van der Waals surface area contributed by atoms with Crippen LogP contribution >= 0.6 is 11.6 Å². The van der Waals surface area contributed by atoms with Gasteiger partial charge in [-0.05, 0) is 74.0 Å². The summed E-state index contributed by atoms with van der Waals surface area (Å²) in [6, 6.07) is 0. The van der Waals surface area contributed by atoms with Crippen LogP contribution < -0.4 is 0 Å². The first-order valence-electron chi connectivity index (χ1n) is 9.89. The van der Waals surface area contributed by atoms with E-state index in [-0.39, 0.29) is 16.7 Å². The molecule has 0 amide bonds. The van der Waals surface area contributed by atoms with Gasteiger partial charge in [0.1, 0.15) is 5.78 Å². The second kappa shape index (κ2) is 6.16. The average molecular weight is 405 g/mol. The second-order valence-corrected chi connectivity index (χ2v) is 11.1. The largest absolute Gasteiger partial charge is 0.397 e. The lowest BCUT2D eigenvalue weighted by Gasteiger charge is -2.61. The van der Waals surface area contributed by atoms with Crippen LogP contribution in [0.1, 0.15) is 65.2 Å². The maximum Gasteiger partial charge on any atom is 0.397 e. The summed E-state index contributed by atoms with van der Waals surface area (Å²) >= 11 is 6.69. The number of halogens is 1. The normalized spacial score (nSPS) is 51.5. The monoisotopic (exact) mass is 404 g/mol. The molecule has 0 radical (unpaired) electrons. The van der Waals surface area contributed by atoms with Crippen molar-refractivity contribution >= 4 is 27.8 Å². The number of hydrogen-bond acceptors (Lipinski definition) is 4. The van der Waals surface area contributed by atoms with Crippen molar-refractivity contribution in [2.24, 2.45) is 34.5 Å². The lowest BCUT2D eigenvalue weighted by atomic mass is 9.45. The molecule has 0 aromatic heterocycles. The van der Waals surface area contributed by atoms with Gasteiger partial charge in [-0.1, -0.05) is 13.8 Å². The van der Waals surface area contributed by atoms with Gasteiger partial charge in [0.05, 0.1) is 11.5 Å². The van der Waals surface area contributed by atoms with Crippen LogP contribution in [0, 0.1) is 34.5 Å². The zero-order chi connectivity index (χ0) is 18.9. The summed E-state index contributed by atoms with van der Waals surface area (Å²) < 4.78 is 36.2. The number of fused-ring (bicyclic) bond motifs is 5. The Morgan fingerprint density at radius 1 is 1.04 bits per heavy atom. The van der Waals surface area contributed by atoms with Crippen LogP contribution in [0.4, 0.5) is 0 Å². The number of rotatable bonds is 2. The minimum absolute atomic E-state index is 0.0569. The summed E-state index contributed by atoms with van der Waals surface area (Å²) in [6.45, 7) is 4.49. The maximum atomic E-state index is 12.5. The molecular formula is C19H29ClO5S. The summed E-state index contributed by atoms with van der Waals surface area (Å²) in [6.07, 6.45) is 6.54. The number of carbonyl (C=O) groups excluding carboxylic acids is 1. The van der Waals surface area contributed by atoms with Crippen molar-refractivity contribution in [1.82, 2.24) is 0 Å². The standard InChI is InChI=1S/C19H29ClO5S/c1-18-10-8-15(25-26(22,23)24)17(20)14(18)4-3-11-12-5-6-16(21)19(12,2)9-7-13(11)18/h11-15,17H,3-10H2,1-2H3,(H,22,23,24)/t11-,12-,13-,14-,15-,17?,18+,19-/m0/s1. The maximum absolute atomic E-state index is 12.5. The SMILES string of the molecule is C[C@]12CC[C@H](OS(=O)(=O)O)C(Cl)[C@@H]1CC[C@@H]1[C@@H]2CC[C@]2(C)C(=O)CC[C@@H]12. The van der Waals surface area contributed by atoms with E-state index < -0.39 is 21.9 Å². The molecule has 4 fully saturated rings. The lowest BCUT2D eigenvalue weighted by molar-refractivity contribution is -0.141. The Morgan fingerprint density at radius 2 is 1.77 bits per heavy atom. The molecule has 1 N–H and O–H groups in total. The zero-order valence-corrected chi connectivity index (χ0v) is 17.1. The highest BCUT2D eigenvalue weighted by atomic mass is 35.5. The first-order chi connectivity index (χ1) is 12.1. The van der Waals surface area contributed by atoms with Gasteiger partial charge in [0.2, 0.25) is 0 Å². The average Bonchev–Trinajstić information content (AvgIpc) is 2.85. The van der Waals surface area contributed by atoms with E-state index in [0.717, 1.165) is 44.9 Å². The highest BCUT2D eigenvalue weighted by molar-refractivity contribution is 7.80. The van der Waals surface area contributed by atoms with Crippen LogP contribution in [-0.2, 0) is 19.4 Å². The Hall–Kier alpha value is -0.170. The number of alkyl halides is 1. The van der Waals surface area contributed by atoms with E-state index in [1.807, 2.05) is 0 Å². The molecule has 4 aliphatic carbocycles. The number of carbonyl (C=O) groups is 1. The van der Waals surface area contributed by atoms with E-state index in [4.69, 9.17) is 20.3 Å². The smallest absolute Gasteiger partial charge is 0.299 e. The predicted molar refractivity (Wildman–Crippen MR) is 98.2 cm³/mol. The van der Waals surface area contributed by atoms with E-state index in [9.17, 15) is 13.2 Å². The first kappa shape index (κ1) is 19.2. The lowest BCUT2D eigenvalue weighted by Crippen LogP contribution is -2.57. The Bertz CT molecular complexity index is 709. The molecule has 7 heteroatoms. The van der Waals surface area contributed by atoms with Gasteiger partial charge in [-0.2, -0.15) is 8.42 Å². The number of ketones is 1. The van der Waals surface area contributed by atoms with Gasteiger partial charge in [0.15, 0.2) is 0 Å². The van der Waals surface area contributed by atoms with E-state index in [0.29, 0.717) is 30.0 Å². The van der Waals surface area contributed by atoms with Gasteiger partial charge in [0.25, 0.3) is 0 Å². The highest BCUT2D eigenvalue weighted by Crippen LogP contribution is 2.66. The van der Waals surface area contributed by atoms with Gasteiger partial charge >= 0.3 is 10.4 Å². The van der Waals surface area contributed by atoms with Gasteiger partial charge in [-0.15, -0.1) is 11.6 Å². The predicted octanol–water partition coefficient (Wildman–Crippen LogP) is 4.00. The van der Waals surface area contributed by atoms with Crippen molar-refractivity contribution in [2.75, 3.05) is 0 Å². The molecule has 4 rings (SSSR count). The molecule has 0 saturated heterocycles. The van der Waals surface area contributed by atoms with Crippen LogP contribution in [-0.4, -0.2) is 30.2 Å². The third-order valence-electron chi connectivity index (χ3n) is 8.60. The number of hydrogen-bond donors (Lipinski definition) is 1. The quantitative estimate of drug-likeness (QED) is 0.555. The Labute approximate surface area is 161 Å². The van der Waals surface area contributed by atoms with E-state index in [2.05, 4.69) is 13.8 Å². The molecule has 4 saturated carbocycles.